The van der Waals surface area contributed by atoms with Gasteiger partial charge in [0.25, 0.3) is 0 Å². The molecule has 0 aliphatic rings. The molecular weight excluding hydrogens is 356 g/mol. The first-order chi connectivity index (χ1) is 9.71. The molecule has 3 rings (SSSR count). The van der Waals surface area contributed by atoms with Crippen LogP contribution in [0.4, 0.5) is 0 Å². The van der Waals surface area contributed by atoms with Crippen LogP contribution in [0, 0.1) is 0 Å². The van der Waals surface area contributed by atoms with E-state index in [9.17, 15) is 0 Å². The molecule has 2 aromatic heterocycles. The number of hydrogen-bond acceptors (Lipinski definition) is 3. The van der Waals surface area contributed by atoms with Gasteiger partial charge in [0.2, 0.25) is 0 Å². The molecule has 0 amide bonds. The number of imidazole rings is 1. The van der Waals surface area contributed by atoms with E-state index in [0.717, 1.165) is 16.9 Å². The maximum atomic E-state index is 5.98. The van der Waals surface area contributed by atoms with E-state index in [4.69, 9.17) is 21.1 Å². The first kappa shape index (κ1) is 15.7. The van der Waals surface area contributed by atoms with Crippen LogP contribution in [-0.2, 0) is 0 Å². The lowest BCUT2D eigenvalue weighted by molar-refractivity contribution is 0.355. The molecule has 6 heteroatoms. The summed E-state index contributed by atoms with van der Waals surface area (Å²) in [6.45, 7) is 0. The summed E-state index contributed by atoms with van der Waals surface area (Å²) >= 11 is 5.98. The minimum Gasteiger partial charge on any atom is -0.493 e. The number of nitrogens with zero attached hydrogens (tertiary/aromatic N) is 2. The van der Waals surface area contributed by atoms with E-state index in [1.54, 1.807) is 14.2 Å². The van der Waals surface area contributed by atoms with E-state index < -0.39 is 0 Å². The van der Waals surface area contributed by atoms with Gasteiger partial charge in [-0.1, -0.05) is 11.6 Å². The fourth-order valence-corrected chi connectivity index (χ4v) is 2.27. The molecule has 0 N–H and O–H groups in total. The van der Waals surface area contributed by atoms with Crippen LogP contribution in [0.2, 0.25) is 5.02 Å². The van der Waals surface area contributed by atoms with Crippen LogP contribution >= 0.6 is 28.6 Å². The molecule has 0 aliphatic carbocycles. The molecule has 0 bridgehead atoms. The van der Waals surface area contributed by atoms with Crippen LogP contribution in [-0.4, -0.2) is 23.6 Å². The first-order valence-corrected chi connectivity index (χ1v) is 6.45. The third-order valence-corrected chi connectivity index (χ3v) is 3.32. The number of benzene rings is 1. The average molecular weight is 370 g/mol. The Balaban J connectivity index is 0.00000161. The third-order valence-electron chi connectivity index (χ3n) is 3.09. The highest BCUT2D eigenvalue weighted by atomic mass is 79.9. The van der Waals surface area contributed by atoms with Crippen molar-refractivity contribution in [3.8, 4) is 22.8 Å². The predicted octanol–water partition coefficient (Wildman–Crippen LogP) is 4.25. The van der Waals surface area contributed by atoms with Gasteiger partial charge in [-0.25, -0.2) is 4.98 Å². The van der Waals surface area contributed by atoms with Crippen molar-refractivity contribution in [1.82, 2.24) is 9.38 Å². The molecule has 1 aromatic carbocycles. The molecule has 0 saturated heterocycles. The summed E-state index contributed by atoms with van der Waals surface area (Å²) in [7, 11) is 3.23. The normalized spacial score (nSPS) is 10.2. The third kappa shape index (κ3) is 2.99. The van der Waals surface area contributed by atoms with Gasteiger partial charge in [0.1, 0.15) is 5.65 Å². The van der Waals surface area contributed by atoms with Crippen LogP contribution < -0.4 is 9.47 Å². The minimum atomic E-state index is 0. The largest absolute Gasteiger partial charge is 0.493 e. The molecule has 3 aromatic rings. The Bertz CT molecular complexity index is 773. The van der Waals surface area contributed by atoms with E-state index >= 15 is 0 Å². The van der Waals surface area contributed by atoms with Gasteiger partial charge in [-0.05, 0) is 30.3 Å². The molecule has 21 heavy (non-hydrogen) atoms. The van der Waals surface area contributed by atoms with Crippen molar-refractivity contribution < 1.29 is 9.47 Å². The van der Waals surface area contributed by atoms with E-state index in [2.05, 4.69) is 4.98 Å². The van der Waals surface area contributed by atoms with E-state index in [1.807, 2.05) is 47.1 Å². The second-order valence-corrected chi connectivity index (χ2v) is 4.75. The fraction of sp³-hybridized carbons (Fsp3) is 0.133. The number of halogens is 2. The highest BCUT2D eigenvalue weighted by Crippen LogP contribution is 2.32. The van der Waals surface area contributed by atoms with Gasteiger partial charge < -0.3 is 13.9 Å². The van der Waals surface area contributed by atoms with Crippen molar-refractivity contribution in [2.24, 2.45) is 0 Å². The van der Waals surface area contributed by atoms with E-state index in [1.165, 1.54) is 0 Å². The van der Waals surface area contributed by atoms with Crippen molar-refractivity contribution in [3.05, 3.63) is 47.7 Å². The zero-order valence-electron chi connectivity index (χ0n) is 11.5. The number of ether oxygens (including phenoxy) is 2. The van der Waals surface area contributed by atoms with Crippen molar-refractivity contribution in [2.45, 2.75) is 0 Å². The predicted molar refractivity (Wildman–Crippen MR) is 89.1 cm³/mol. The van der Waals surface area contributed by atoms with Crippen molar-refractivity contribution >= 4 is 34.2 Å². The van der Waals surface area contributed by atoms with Gasteiger partial charge in [-0.15, -0.1) is 17.0 Å². The number of fused-ring (bicyclic) bond motifs is 1. The number of hydrogen-bond donors (Lipinski definition) is 0. The first-order valence-electron chi connectivity index (χ1n) is 6.08. The Kier molecular flexibility index (Phi) is 4.75. The zero-order chi connectivity index (χ0) is 14.1. The van der Waals surface area contributed by atoms with E-state index in [0.29, 0.717) is 16.5 Å². The van der Waals surface area contributed by atoms with Crippen LogP contribution in [0.3, 0.4) is 0 Å². The molecule has 4 nitrogen and oxygen atoms in total. The molecule has 0 atom stereocenters. The highest BCUT2D eigenvalue weighted by Gasteiger charge is 2.09. The molecule has 0 saturated carbocycles. The van der Waals surface area contributed by atoms with Gasteiger partial charge in [0.05, 0.1) is 24.9 Å². The summed E-state index contributed by atoms with van der Waals surface area (Å²) < 4.78 is 12.4. The molecule has 0 aliphatic heterocycles. The fourth-order valence-electron chi connectivity index (χ4n) is 2.10. The summed E-state index contributed by atoms with van der Waals surface area (Å²) in [5.41, 5.74) is 2.66. The molecule has 0 radical (unpaired) electrons. The number of pyridine rings is 1. The Morgan fingerprint density at radius 1 is 1.00 bits per heavy atom. The Labute approximate surface area is 138 Å². The Hall–Kier alpha value is -1.72. The standard InChI is InChI=1S/C15H13ClN2O2.BrH/c1-19-13-5-3-10(7-14(13)20-2)12-9-18-8-11(16)4-6-15(18)17-12;/h3-9H,1-2H3;1H. The van der Waals surface area contributed by atoms with Gasteiger partial charge in [-0.2, -0.15) is 0 Å². The summed E-state index contributed by atoms with van der Waals surface area (Å²) in [4.78, 5) is 4.56. The lowest BCUT2D eigenvalue weighted by atomic mass is 10.1. The van der Waals surface area contributed by atoms with Crippen LogP contribution in [0.25, 0.3) is 16.9 Å². The maximum Gasteiger partial charge on any atom is 0.161 e. The second-order valence-electron chi connectivity index (χ2n) is 4.31. The van der Waals surface area contributed by atoms with Gasteiger partial charge >= 0.3 is 0 Å². The SMILES string of the molecule is Br.COc1ccc(-c2cn3cc(Cl)ccc3n2)cc1OC. The summed E-state index contributed by atoms with van der Waals surface area (Å²) in [6.07, 6.45) is 3.76. The van der Waals surface area contributed by atoms with Crippen molar-refractivity contribution in [2.75, 3.05) is 14.2 Å². The lowest BCUT2D eigenvalue weighted by Crippen LogP contribution is -1.90. The molecule has 2 heterocycles. The topological polar surface area (TPSA) is 35.8 Å². The highest BCUT2D eigenvalue weighted by molar-refractivity contribution is 8.93. The monoisotopic (exact) mass is 368 g/mol. The molecule has 110 valence electrons. The second kappa shape index (κ2) is 6.37. The van der Waals surface area contributed by atoms with Gasteiger partial charge in [0, 0.05) is 18.0 Å². The smallest absolute Gasteiger partial charge is 0.161 e. The average Bonchev–Trinajstić information content (AvgIpc) is 2.89. The zero-order valence-corrected chi connectivity index (χ0v) is 14.0. The molecule has 0 spiro atoms. The van der Waals surface area contributed by atoms with Crippen LogP contribution in [0.1, 0.15) is 0 Å². The minimum absolute atomic E-state index is 0. The quantitative estimate of drug-likeness (QED) is 0.692. The van der Waals surface area contributed by atoms with Crippen molar-refractivity contribution in [3.63, 3.8) is 0 Å². The van der Waals surface area contributed by atoms with E-state index in [-0.39, 0.29) is 17.0 Å². The number of aromatic nitrogens is 2. The molecule has 0 fully saturated rings. The maximum absolute atomic E-state index is 5.98. The van der Waals surface area contributed by atoms with Gasteiger partial charge in [-0.3, -0.25) is 0 Å². The van der Waals surface area contributed by atoms with Crippen LogP contribution in [0.15, 0.2) is 42.7 Å². The number of rotatable bonds is 3. The molecule has 0 unspecified atom stereocenters. The summed E-state index contributed by atoms with van der Waals surface area (Å²) in [6, 6.07) is 9.42. The summed E-state index contributed by atoms with van der Waals surface area (Å²) in [5, 5.41) is 0.675. The molecular formula is C15H14BrClN2O2. The number of methoxy groups -OCH3 is 2. The van der Waals surface area contributed by atoms with Crippen LogP contribution in [0.5, 0.6) is 11.5 Å². The van der Waals surface area contributed by atoms with Crippen molar-refractivity contribution in [1.29, 1.82) is 0 Å². The Morgan fingerprint density at radius 2 is 1.76 bits per heavy atom. The lowest BCUT2D eigenvalue weighted by Gasteiger charge is -2.08. The summed E-state index contributed by atoms with van der Waals surface area (Å²) in [5.74, 6) is 1.38. The Morgan fingerprint density at radius 3 is 2.48 bits per heavy atom. The van der Waals surface area contributed by atoms with Gasteiger partial charge in [0.15, 0.2) is 11.5 Å².